The lowest BCUT2D eigenvalue weighted by Gasteiger charge is -2.39. The summed E-state index contributed by atoms with van der Waals surface area (Å²) in [6.45, 7) is 6.58. The second-order valence-corrected chi connectivity index (χ2v) is 8.02. The van der Waals surface area contributed by atoms with Crippen LogP contribution in [0.5, 0.6) is 0 Å². The fourth-order valence-electron chi connectivity index (χ4n) is 2.76. The molecule has 0 spiro atoms. The average molecular weight is 306 g/mol. The molecule has 0 radical (unpaired) electrons. The second kappa shape index (κ2) is 7.73. The minimum Gasteiger partial charge on any atom is -0.378 e. The Bertz CT molecular complexity index is 374. The summed E-state index contributed by atoms with van der Waals surface area (Å²) in [5.41, 5.74) is 5.41. The number of sulfonamides is 1. The Labute approximate surface area is 123 Å². The maximum absolute atomic E-state index is 12.1. The van der Waals surface area contributed by atoms with E-state index in [1.165, 1.54) is 0 Å². The van der Waals surface area contributed by atoms with Crippen molar-refractivity contribution in [1.82, 2.24) is 4.72 Å². The van der Waals surface area contributed by atoms with Gasteiger partial charge in [0, 0.05) is 12.1 Å². The third kappa shape index (κ3) is 5.68. The van der Waals surface area contributed by atoms with E-state index in [0.29, 0.717) is 12.5 Å². The summed E-state index contributed by atoms with van der Waals surface area (Å²) in [6.07, 6.45) is 5.00. The maximum Gasteiger partial charge on any atom is 0.214 e. The predicted molar refractivity (Wildman–Crippen MR) is 82.0 cm³/mol. The normalized spacial score (nSPS) is 27.9. The lowest BCUT2D eigenvalue weighted by Crippen LogP contribution is -2.56. The molecular formula is C14H30N2O3S. The van der Waals surface area contributed by atoms with E-state index < -0.39 is 15.6 Å². The molecule has 20 heavy (non-hydrogen) atoms. The van der Waals surface area contributed by atoms with Crippen molar-refractivity contribution in [3.8, 4) is 0 Å². The highest BCUT2D eigenvalue weighted by atomic mass is 32.2. The van der Waals surface area contributed by atoms with E-state index in [-0.39, 0.29) is 18.5 Å². The number of nitrogens with two attached hydrogens (primary N) is 1. The largest absolute Gasteiger partial charge is 0.378 e. The SMILES string of the molecule is CCC1CCC(CN)(NS(=O)(=O)CCOC(C)C)CC1. The fourth-order valence-corrected chi connectivity index (χ4v) is 4.13. The van der Waals surface area contributed by atoms with E-state index in [9.17, 15) is 8.42 Å². The third-order valence-electron chi connectivity index (χ3n) is 4.21. The van der Waals surface area contributed by atoms with Crippen LogP contribution in [0.1, 0.15) is 52.9 Å². The topological polar surface area (TPSA) is 81.4 Å². The van der Waals surface area contributed by atoms with Gasteiger partial charge in [-0.15, -0.1) is 0 Å². The molecule has 0 aliphatic heterocycles. The Morgan fingerprint density at radius 3 is 2.40 bits per heavy atom. The van der Waals surface area contributed by atoms with Crippen molar-refractivity contribution in [2.75, 3.05) is 18.9 Å². The number of hydrogen-bond acceptors (Lipinski definition) is 4. The van der Waals surface area contributed by atoms with Crippen LogP contribution in [-0.4, -0.2) is 39.0 Å². The van der Waals surface area contributed by atoms with E-state index >= 15 is 0 Å². The highest BCUT2D eigenvalue weighted by Gasteiger charge is 2.36. The first kappa shape index (κ1) is 17.9. The van der Waals surface area contributed by atoms with Crippen molar-refractivity contribution in [1.29, 1.82) is 0 Å². The van der Waals surface area contributed by atoms with Crippen molar-refractivity contribution in [3.05, 3.63) is 0 Å². The van der Waals surface area contributed by atoms with Crippen LogP contribution in [0, 0.1) is 5.92 Å². The van der Waals surface area contributed by atoms with E-state index in [4.69, 9.17) is 10.5 Å². The molecule has 6 heteroatoms. The Morgan fingerprint density at radius 1 is 1.35 bits per heavy atom. The van der Waals surface area contributed by atoms with Gasteiger partial charge in [-0.2, -0.15) is 0 Å². The molecule has 0 atom stereocenters. The molecule has 1 aliphatic carbocycles. The molecule has 0 unspecified atom stereocenters. The minimum absolute atomic E-state index is 0.00410. The van der Waals surface area contributed by atoms with E-state index in [1.807, 2.05) is 13.8 Å². The molecule has 120 valence electrons. The molecule has 0 saturated heterocycles. The van der Waals surface area contributed by atoms with Gasteiger partial charge in [-0.3, -0.25) is 0 Å². The first-order chi connectivity index (χ1) is 9.32. The summed E-state index contributed by atoms with van der Waals surface area (Å²) in [6, 6.07) is 0. The quantitative estimate of drug-likeness (QED) is 0.714. The van der Waals surface area contributed by atoms with Crippen molar-refractivity contribution < 1.29 is 13.2 Å². The summed E-state index contributed by atoms with van der Waals surface area (Å²) in [5, 5.41) is 0. The maximum atomic E-state index is 12.1. The molecular weight excluding hydrogens is 276 g/mol. The van der Waals surface area contributed by atoms with Gasteiger partial charge in [-0.05, 0) is 45.4 Å². The second-order valence-electron chi connectivity index (χ2n) is 6.18. The summed E-state index contributed by atoms with van der Waals surface area (Å²) < 4.78 is 32.5. The number of rotatable bonds is 8. The Kier molecular flexibility index (Phi) is 6.91. The van der Waals surface area contributed by atoms with Gasteiger partial charge in [-0.25, -0.2) is 13.1 Å². The summed E-state index contributed by atoms with van der Waals surface area (Å²) in [5.74, 6) is 0.716. The Balaban J connectivity index is 2.54. The average Bonchev–Trinajstić information content (AvgIpc) is 2.38. The standard InChI is InChI=1S/C14H30N2O3S/c1-4-13-5-7-14(11-15,8-6-13)16-20(17,18)10-9-19-12(2)3/h12-13,16H,4-11,15H2,1-3H3. The first-order valence-electron chi connectivity index (χ1n) is 7.66. The highest BCUT2D eigenvalue weighted by molar-refractivity contribution is 7.89. The van der Waals surface area contributed by atoms with E-state index in [1.54, 1.807) is 0 Å². The molecule has 1 rings (SSSR count). The lowest BCUT2D eigenvalue weighted by atomic mass is 9.76. The van der Waals surface area contributed by atoms with Crippen molar-refractivity contribution in [2.24, 2.45) is 11.7 Å². The fraction of sp³-hybridized carbons (Fsp3) is 1.00. The van der Waals surface area contributed by atoms with E-state index in [2.05, 4.69) is 11.6 Å². The van der Waals surface area contributed by atoms with Crippen molar-refractivity contribution in [3.63, 3.8) is 0 Å². The molecule has 0 aromatic carbocycles. The van der Waals surface area contributed by atoms with E-state index in [0.717, 1.165) is 32.1 Å². The van der Waals surface area contributed by atoms with Crippen LogP contribution < -0.4 is 10.5 Å². The number of nitrogens with one attached hydrogen (secondary N) is 1. The zero-order valence-corrected chi connectivity index (χ0v) is 13.8. The molecule has 0 aromatic heterocycles. The lowest BCUT2D eigenvalue weighted by molar-refractivity contribution is 0.0909. The highest BCUT2D eigenvalue weighted by Crippen LogP contribution is 2.33. The van der Waals surface area contributed by atoms with Crippen molar-refractivity contribution in [2.45, 2.75) is 64.5 Å². The molecule has 0 amide bonds. The Morgan fingerprint density at radius 2 is 1.95 bits per heavy atom. The number of ether oxygens (including phenoxy) is 1. The molecule has 1 aliphatic rings. The van der Waals surface area contributed by atoms with Gasteiger partial charge >= 0.3 is 0 Å². The van der Waals surface area contributed by atoms with Gasteiger partial charge in [-0.1, -0.05) is 13.3 Å². The minimum atomic E-state index is -3.33. The molecule has 1 saturated carbocycles. The molecule has 3 N–H and O–H groups in total. The van der Waals surface area contributed by atoms with Crippen LogP contribution in [0.4, 0.5) is 0 Å². The van der Waals surface area contributed by atoms with Crippen LogP contribution in [0.2, 0.25) is 0 Å². The summed E-state index contributed by atoms with van der Waals surface area (Å²) in [4.78, 5) is 0. The smallest absolute Gasteiger partial charge is 0.214 e. The van der Waals surface area contributed by atoms with Crippen LogP contribution in [0.3, 0.4) is 0 Å². The molecule has 0 bridgehead atoms. The van der Waals surface area contributed by atoms with Gasteiger partial charge < -0.3 is 10.5 Å². The van der Waals surface area contributed by atoms with Crippen LogP contribution in [0.25, 0.3) is 0 Å². The van der Waals surface area contributed by atoms with Crippen molar-refractivity contribution >= 4 is 10.0 Å². The van der Waals surface area contributed by atoms with Crippen LogP contribution in [-0.2, 0) is 14.8 Å². The summed E-state index contributed by atoms with van der Waals surface area (Å²) in [7, 11) is -3.33. The molecule has 5 nitrogen and oxygen atoms in total. The summed E-state index contributed by atoms with van der Waals surface area (Å²) >= 11 is 0. The van der Waals surface area contributed by atoms with Crippen LogP contribution >= 0.6 is 0 Å². The molecule has 0 heterocycles. The molecule has 1 fully saturated rings. The molecule has 0 aromatic rings. The van der Waals surface area contributed by atoms with Crippen LogP contribution in [0.15, 0.2) is 0 Å². The first-order valence-corrected chi connectivity index (χ1v) is 9.31. The predicted octanol–water partition coefficient (Wildman–Crippen LogP) is 1.63. The third-order valence-corrected chi connectivity index (χ3v) is 5.65. The van der Waals surface area contributed by atoms with Gasteiger partial charge in [0.25, 0.3) is 0 Å². The monoisotopic (exact) mass is 306 g/mol. The van der Waals surface area contributed by atoms with Gasteiger partial charge in [0.1, 0.15) is 0 Å². The van der Waals surface area contributed by atoms with Gasteiger partial charge in [0.15, 0.2) is 0 Å². The Hall–Kier alpha value is -0.170. The number of hydrogen-bond donors (Lipinski definition) is 2. The van der Waals surface area contributed by atoms with Gasteiger partial charge in [0.05, 0.1) is 18.5 Å². The zero-order valence-electron chi connectivity index (χ0n) is 13.0. The zero-order chi connectivity index (χ0) is 15.2. The van der Waals surface area contributed by atoms with Gasteiger partial charge in [0.2, 0.25) is 10.0 Å².